The molecule has 0 aromatic rings. The molecule has 1 aliphatic carbocycles. The Morgan fingerprint density at radius 2 is 1.94 bits per heavy atom. The zero-order valence-electron chi connectivity index (χ0n) is 9.90. The van der Waals surface area contributed by atoms with Crippen LogP contribution in [0.25, 0.3) is 0 Å². The first-order valence-corrected chi connectivity index (χ1v) is 5.69. The predicted octanol–water partition coefficient (Wildman–Crippen LogP) is 0.806. The molecule has 0 heterocycles. The quantitative estimate of drug-likeness (QED) is 0.424. The lowest BCUT2D eigenvalue weighted by molar-refractivity contribution is -0.150. The Kier molecular flexibility index (Phi) is 6.09. The van der Waals surface area contributed by atoms with E-state index in [1.165, 1.54) is 19.8 Å². The molecule has 6 nitrogen and oxygen atoms in total. The van der Waals surface area contributed by atoms with Gasteiger partial charge in [0.25, 0.3) is 0 Å². The molecule has 96 valence electrons. The van der Waals surface area contributed by atoms with Crippen molar-refractivity contribution in [2.45, 2.75) is 32.1 Å². The van der Waals surface area contributed by atoms with Crippen LogP contribution in [0.4, 0.5) is 0 Å². The SMILES string of the molecule is COC=CC(=O)ONNC(=O)C1CCCCC1. The van der Waals surface area contributed by atoms with Gasteiger partial charge in [-0.15, -0.1) is 0 Å². The van der Waals surface area contributed by atoms with Gasteiger partial charge in [-0.25, -0.2) is 4.79 Å². The zero-order chi connectivity index (χ0) is 12.5. The minimum atomic E-state index is -0.643. The van der Waals surface area contributed by atoms with Crippen molar-refractivity contribution in [1.29, 1.82) is 0 Å². The monoisotopic (exact) mass is 242 g/mol. The van der Waals surface area contributed by atoms with Crippen LogP contribution < -0.4 is 11.0 Å². The third-order valence-corrected chi connectivity index (χ3v) is 2.64. The number of methoxy groups -OCH3 is 1. The number of carbonyl (C=O) groups excluding carboxylic acids is 2. The number of nitrogens with one attached hydrogen (secondary N) is 2. The van der Waals surface area contributed by atoms with Gasteiger partial charge in [0.2, 0.25) is 5.91 Å². The zero-order valence-corrected chi connectivity index (χ0v) is 9.90. The Labute approximate surface area is 100 Å². The van der Waals surface area contributed by atoms with Crippen molar-refractivity contribution in [3.05, 3.63) is 12.3 Å². The maximum atomic E-state index is 11.6. The summed E-state index contributed by atoms with van der Waals surface area (Å²) in [6, 6.07) is 0. The highest BCUT2D eigenvalue weighted by Crippen LogP contribution is 2.23. The average molecular weight is 242 g/mol. The lowest BCUT2D eigenvalue weighted by atomic mass is 9.89. The minimum Gasteiger partial charge on any atom is -0.504 e. The van der Waals surface area contributed by atoms with Crippen LogP contribution in [-0.4, -0.2) is 19.0 Å². The lowest BCUT2D eigenvalue weighted by Crippen LogP contribution is -2.42. The third kappa shape index (κ3) is 5.35. The summed E-state index contributed by atoms with van der Waals surface area (Å²) in [5, 5.41) is 0. The van der Waals surface area contributed by atoms with Crippen LogP contribution >= 0.6 is 0 Å². The van der Waals surface area contributed by atoms with Gasteiger partial charge in [0.1, 0.15) is 0 Å². The van der Waals surface area contributed by atoms with Gasteiger partial charge in [0.15, 0.2) is 0 Å². The van der Waals surface area contributed by atoms with E-state index in [0.717, 1.165) is 31.8 Å². The minimum absolute atomic E-state index is 0.0180. The van der Waals surface area contributed by atoms with E-state index in [1.54, 1.807) is 0 Å². The van der Waals surface area contributed by atoms with Crippen molar-refractivity contribution in [1.82, 2.24) is 11.0 Å². The van der Waals surface area contributed by atoms with Crippen molar-refractivity contribution < 1.29 is 19.2 Å². The van der Waals surface area contributed by atoms with Gasteiger partial charge in [-0.1, -0.05) is 24.9 Å². The van der Waals surface area contributed by atoms with E-state index in [1.807, 2.05) is 0 Å². The van der Waals surface area contributed by atoms with Crippen LogP contribution in [0.5, 0.6) is 0 Å². The van der Waals surface area contributed by atoms with Crippen LogP contribution in [-0.2, 0) is 19.2 Å². The number of hydrazine groups is 1. The summed E-state index contributed by atoms with van der Waals surface area (Å²) in [6.07, 6.45) is 7.42. The van der Waals surface area contributed by atoms with Crippen molar-refractivity contribution in [3.63, 3.8) is 0 Å². The molecule has 1 aliphatic rings. The molecule has 1 amide bonds. The second-order valence-electron chi connectivity index (χ2n) is 3.89. The fourth-order valence-corrected chi connectivity index (χ4v) is 1.75. The first-order chi connectivity index (χ1) is 8.24. The molecule has 0 atom stereocenters. The molecule has 0 unspecified atom stereocenters. The van der Waals surface area contributed by atoms with Crippen LogP contribution in [0.2, 0.25) is 0 Å². The topological polar surface area (TPSA) is 76.7 Å². The summed E-state index contributed by atoms with van der Waals surface area (Å²) in [5.74, 6) is -0.756. The van der Waals surface area contributed by atoms with E-state index >= 15 is 0 Å². The molecule has 0 saturated heterocycles. The summed E-state index contributed by atoms with van der Waals surface area (Å²) < 4.78 is 4.54. The smallest absolute Gasteiger partial charge is 0.354 e. The van der Waals surface area contributed by atoms with Gasteiger partial charge in [0, 0.05) is 5.92 Å². The van der Waals surface area contributed by atoms with Gasteiger partial charge in [0.05, 0.1) is 19.4 Å². The first kappa shape index (κ1) is 13.5. The van der Waals surface area contributed by atoms with E-state index in [4.69, 9.17) is 0 Å². The standard InChI is InChI=1S/C11H18N2O4/c1-16-8-7-10(14)17-13-12-11(15)9-5-3-2-4-6-9/h7-9,13H,2-6H2,1H3,(H,12,15). The number of amides is 1. The number of ether oxygens (including phenoxy) is 1. The van der Waals surface area contributed by atoms with Gasteiger partial charge in [-0.05, 0) is 12.8 Å². The van der Waals surface area contributed by atoms with Crippen molar-refractivity contribution in [2.24, 2.45) is 5.92 Å². The highest BCUT2D eigenvalue weighted by Gasteiger charge is 2.20. The fraction of sp³-hybridized carbons (Fsp3) is 0.636. The van der Waals surface area contributed by atoms with E-state index in [-0.39, 0.29) is 11.8 Å². The number of hydrogen-bond donors (Lipinski definition) is 2. The van der Waals surface area contributed by atoms with Gasteiger partial charge < -0.3 is 9.57 Å². The fourth-order valence-electron chi connectivity index (χ4n) is 1.75. The van der Waals surface area contributed by atoms with E-state index < -0.39 is 5.97 Å². The maximum Gasteiger partial charge on any atom is 0.354 e. The highest BCUT2D eigenvalue weighted by molar-refractivity contribution is 5.82. The summed E-state index contributed by atoms with van der Waals surface area (Å²) >= 11 is 0. The van der Waals surface area contributed by atoms with Gasteiger partial charge >= 0.3 is 5.97 Å². The summed E-state index contributed by atoms with van der Waals surface area (Å²) in [4.78, 5) is 27.1. The molecular weight excluding hydrogens is 224 g/mol. The number of hydrogen-bond acceptors (Lipinski definition) is 5. The molecule has 1 saturated carbocycles. The average Bonchev–Trinajstić information content (AvgIpc) is 2.37. The Morgan fingerprint density at radius 1 is 1.24 bits per heavy atom. The largest absolute Gasteiger partial charge is 0.504 e. The van der Waals surface area contributed by atoms with Crippen LogP contribution in [0.15, 0.2) is 12.3 Å². The summed E-state index contributed by atoms with van der Waals surface area (Å²) in [6.45, 7) is 0. The predicted molar refractivity (Wildman–Crippen MR) is 60.1 cm³/mol. The summed E-state index contributed by atoms with van der Waals surface area (Å²) in [7, 11) is 1.42. The normalized spacial score (nSPS) is 16.8. The molecule has 0 bridgehead atoms. The Balaban J connectivity index is 2.15. The number of carbonyl (C=O) groups is 2. The number of rotatable bonds is 5. The van der Waals surface area contributed by atoms with Crippen molar-refractivity contribution in [2.75, 3.05) is 7.11 Å². The molecule has 1 fully saturated rings. The van der Waals surface area contributed by atoms with Gasteiger partial charge in [-0.2, -0.15) is 0 Å². The Morgan fingerprint density at radius 3 is 2.59 bits per heavy atom. The molecule has 17 heavy (non-hydrogen) atoms. The molecule has 0 aliphatic heterocycles. The molecule has 0 radical (unpaired) electrons. The van der Waals surface area contributed by atoms with Crippen LogP contribution in [0.3, 0.4) is 0 Å². The second kappa shape index (κ2) is 7.67. The molecule has 0 aromatic carbocycles. The van der Waals surface area contributed by atoms with Crippen LogP contribution in [0, 0.1) is 5.92 Å². The Bertz CT molecular complexity index is 285. The third-order valence-electron chi connectivity index (χ3n) is 2.64. The van der Waals surface area contributed by atoms with Crippen LogP contribution in [0.1, 0.15) is 32.1 Å². The molecule has 2 N–H and O–H groups in total. The molecule has 6 heteroatoms. The highest BCUT2D eigenvalue weighted by atomic mass is 16.7. The molecule has 0 aromatic heterocycles. The molecular formula is C11H18N2O4. The van der Waals surface area contributed by atoms with E-state index in [2.05, 4.69) is 20.6 Å². The lowest BCUT2D eigenvalue weighted by Gasteiger charge is -2.20. The first-order valence-electron chi connectivity index (χ1n) is 5.69. The van der Waals surface area contributed by atoms with Gasteiger partial charge in [-0.3, -0.25) is 10.2 Å². The molecule has 1 rings (SSSR count). The Hall–Kier alpha value is -1.56. The summed E-state index contributed by atoms with van der Waals surface area (Å²) in [5.41, 5.74) is 4.49. The van der Waals surface area contributed by atoms with Crippen molar-refractivity contribution >= 4 is 11.9 Å². The van der Waals surface area contributed by atoms with E-state index in [9.17, 15) is 9.59 Å². The van der Waals surface area contributed by atoms with Crippen molar-refractivity contribution in [3.8, 4) is 0 Å². The molecule has 0 spiro atoms. The maximum absolute atomic E-state index is 11.6. The van der Waals surface area contributed by atoms with E-state index in [0.29, 0.717) is 0 Å². The second-order valence-corrected chi connectivity index (χ2v) is 3.89.